The quantitative estimate of drug-likeness (QED) is 0.723. The van der Waals surface area contributed by atoms with Crippen molar-refractivity contribution in [2.45, 2.75) is 52.1 Å². The Morgan fingerprint density at radius 2 is 1.84 bits per heavy atom. The fraction of sp³-hybridized carbons (Fsp3) is 0.714. The summed E-state index contributed by atoms with van der Waals surface area (Å²) in [7, 11) is 1.47. The van der Waals surface area contributed by atoms with Crippen molar-refractivity contribution in [2.24, 2.45) is 13.0 Å². The minimum atomic E-state index is -0.343. The summed E-state index contributed by atoms with van der Waals surface area (Å²) < 4.78 is 7.71. The molecule has 10 nitrogen and oxygen atoms in total. The summed E-state index contributed by atoms with van der Waals surface area (Å²) in [6, 6.07) is 1.52. The summed E-state index contributed by atoms with van der Waals surface area (Å²) in [6.07, 6.45) is 2.68. The molecule has 2 fully saturated rings. The van der Waals surface area contributed by atoms with Gasteiger partial charge < -0.3 is 19.9 Å². The van der Waals surface area contributed by atoms with Crippen LogP contribution in [0.5, 0.6) is 0 Å². The van der Waals surface area contributed by atoms with Gasteiger partial charge in [0.25, 0.3) is 5.56 Å². The molecule has 1 N–H and O–H groups in total. The van der Waals surface area contributed by atoms with Gasteiger partial charge in [-0.1, -0.05) is 0 Å². The average Bonchev–Trinajstić information content (AvgIpc) is 2.78. The standard InChI is InChI=1S/C21H33N5O5/c1-4-26-17(13-18(27)23(3)20(26)29)25-10-6-7-15(14-25)19(28)22-16-8-11-24(12-9-16)21(30)31-5-2/h13,15-16H,4-12,14H2,1-3H3,(H,22,28)/t15-/m0/s1. The normalized spacial score (nSPS) is 19.9. The van der Waals surface area contributed by atoms with Crippen LogP contribution in [0.15, 0.2) is 15.7 Å². The third-order valence-electron chi connectivity index (χ3n) is 6.18. The predicted octanol–water partition coefficient (Wildman–Crippen LogP) is 0.520. The number of amides is 2. The van der Waals surface area contributed by atoms with E-state index in [2.05, 4.69) is 5.32 Å². The van der Waals surface area contributed by atoms with Crippen molar-refractivity contribution < 1.29 is 14.3 Å². The number of likely N-dealkylation sites (tertiary alicyclic amines) is 1. The lowest BCUT2D eigenvalue weighted by atomic mass is 9.95. The molecular formula is C21H33N5O5. The minimum absolute atomic E-state index is 0.00601. The van der Waals surface area contributed by atoms with Crippen molar-refractivity contribution >= 4 is 17.8 Å². The molecule has 10 heteroatoms. The molecule has 1 atom stereocenters. The van der Waals surface area contributed by atoms with Gasteiger partial charge in [0.15, 0.2) is 0 Å². The highest BCUT2D eigenvalue weighted by molar-refractivity contribution is 5.80. The molecule has 31 heavy (non-hydrogen) atoms. The molecule has 2 amide bonds. The second kappa shape index (κ2) is 10.0. The van der Waals surface area contributed by atoms with E-state index in [0.717, 1.165) is 17.4 Å². The second-order valence-corrected chi connectivity index (χ2v) is 8.18. The van der Waals surface area contributed by atoms with Gasteiger partial charge in [-0.25, -0.2) is 9.59 Å². The molecule has 0 bridgehead atoms. The number of hydrogen-bond donors (Lipinski definition) is 1. The Bertz CT molecular complexity index is 916. The average molecular weight is 436 g/mol. The van der Waals surface area contributed by atoms with Gasteiger partial charge in [0.1, 0.15) is 5.82 Å². The summed E-state index contributed by atoms with van der Waals surface area (Å²) in [6.45, 7) is 6.77. The van der Waals surface area contributed by atoms with Gasteiger partial charge in [-0.15, -0.1) is 0 Å². The molecule has 0 saturated carbocycles. The fourth-order valence-corrected chi connectivity index (χ4v) is 4.36. The first-order valence-corrected chi connectivity index (χ1v) is 11.1. The molecular weight excluding hydrogens is 402 g/mol. The van der Waals surface area contributed by atoms with Crippen molar-refractivity contribution in [3.63, 3.8) is 0 Å². The van der Waals surface area contributed by atoms with Gasteiger partial charge >= 0.3 is 11.8 Å². The number of anilines is 1. The molecule has 2 aliphatic heterocycles. The molecule has 0 aromatic carbocycles. The first-order valence-electron chi connectivity index (χ1n) is 11.1. The molecule has 3 heterocycles. The monoisotopic (exact) mass is 435 g/mol. The molecule has 1 aromatic heterocycles. The number of rotatable bonds is 5. The van der Waals surface area contributed by atoms with Gasteiger partial charge in [-0.2, -0.15) is 0 Å². The van der Waals surface area contributed by atoms with Crippen molar-refractivity contribution in [3.05, 3.63) is 26.9 Å². The van der Waals surface area contributed by atoms with Crippen LogP contribution in [0.4, 0.5) is 10.6 Å². The summed E-state index contributed by atoms with van der Waals surface area (Å²) in [5.41, 5.74) is -0.686. The van der Waals surface area contributed by atoms with Crippen LogP contribution in [0, 0.1) is 5.92 Å². The number of nitrogens with one attached hydrogen (secondary N) is 1. The largest absolute Gasteiger partial charge is 0.450 e. The zero-order chi connectivity index (χ0) is 22.5. The van der Waals surface area contributed by atoms with Gasteiger partial charge in [-0.05, 0) is 39.5 Å². The van der Waals surface area contributed by atoms with Crippen LogP contribution in [-0.2, 0) is 23.1 Å². The lowest BCUT2D eigenvalue weighted by molar-refractivity contribution is -0.126. The summed E-state index contributed by atoms with van der Waals surface area (Å²) in [5, 5.41) is 3.13. The molecule has 172 valence electrons. The van der Waals surface area contributed by atoms with E-state index in [1.54, 1.807) is 16.4 Å². The van der Waals surface area contributed by atoms with Crippen LogP contribution in [0.25, 0.3) is 0 Å². The zero-order valence-corrected chi connectivity index (χ0v) is 18.6. The molecule has 0 radical (unpaired) electrons. The van der Waals surface area contributed by atoms with Crippen molar-refractivity contribution in [1.29, 1.82) is 0 Å². The summed E-state index contributed by atoms with van der Waals surface area (Å²) in [5.74, 6) is 0.366. The van der Waals surface area contributed by atoms with Gasteiger partial charge in [0, 0.05) is 51.9 Å². The highest BCUT2D eigenvalue weighted by Gasteiger charge is 2.30. The lowest BCUT2D eigenvalue weighted by Crippen LogP contribution is -2.51. The highest BCUT2D eigenvalue weighted by Crippen LogP contribution is 2.23. The number of aromatic nitrogens is 2. The topological polar surface area (TPSA) is 106 Å². The van der Waals surface area contributed by atoms with Crippen LogP contribution in [0.1, 0.15) is 39.5 Å². The van der Waals surface area contributed by atoms with Crippen LogP contribution >= 0.6 is 0 Å². The van der Waals surface area contributed by atoms with Crippen molar-refractivity contribution in [1.82, 2.24) is 19.4 Å². The Kier molecular flexibility index (Phi) is 7.40. The molecule has 2 saturated heterocycles. The van der Waals surface area contributed by atoms with E-state index in [4.69, 9.17) is 4.74 Å². The zero-order valence-electron chi connectivity index (χ0n) is 18.6. The highest BCUT2D eigenvalue weighted by atomic mass is 16.6. The molecule has 2 aliphatic rings. The molecule has 0 unspecified atom stereocenters. The first-order chi connectivity index (χ1) is 14.8. The number of piperidine rings is 2. The summed E-state index contributed by atoms with van der Waals surface area (Å²) >= 11 is 0. The van der Waals surface area contributed by atoms with E-state index in [9.17, 15) is 19.2 Å². The minimum Gasteiger partial charge on any atom is -0.450 e. The Hall–Kier alpha value is -2.78. The Labute approximate surface area is 181 Å². The number of ether oxygens (including phenoxy) is 1. The summed E-state index contributed by atoms with van der Waals surface area (Å²) in [4.78, 5) is 53.0. The second-order valence-electron chi connectivity index (χ2n) is 8.18. The molecule has 0 aliphatic carbocycles. The van der Waals surface area contributed by atoms with Crippen molar-refractivity contribution in [3.8, 4) is 0 Å². The molecule has 1 aromatic rings. The molecule has 0 spiro atoms. The smallest absolute Gasteiger partial charge is 0.409 e. The van der Waals surface area contributed by atoms with Gasteiger partial charge in [0.05, 0.1) is 12.5 Å². The maximum atomic E-state index is 12.9. The van der Waals surface area contributed by atoms with E-state index in [-0.39, 0.29) is 35.2 Å². The third-order valence-corrected chi connectivity index (χ3v) is 6.18. The Morgan fingerprint density at radius 1 is 1.13 bits per heavy atom. The van der Waals surface area contributed by atoms with Crippen molar-refractivity contribution in [2.75, 3.05) is 37.7 Å². The Morgan fingerprint density at radius 3 is 2.48 bits per heavy atom. The predicted molar refractivity (Wildman–Crippen MR) is 116 cm³/mol. The molecule has 3 rings (SSSR count). The lowest BCUT2D eigenvalue weighted by Gasteiger charge is -2.36. The van der Waals surface area contributed by atoms with Crippen LogP contribution in [0.2, 0.25) is 0 Å². The van der Waals surface area contributed by atoms with E-state index < -0.39 is 0 Å². The van der Waals surface area contributed by atoms with Crippen LogP contribution in [0.3, 0.4) is 0 Å². The maximum absolute atomic E-state index is 12.9. The Balaban J connectivity index is 1.62. The van der Waals surface area contributed by atoms with E-state index in [0.29, 0.717) is 58.0 Å². The number of carbonyl (C=O) groups is 2. The van der Waals surface area contributed by atoms with Crippen LogP contribution in [-0.4, -0.2) is 64.9 Å². The van der Waals surface area contributed by atoms with E-state index >= 15 is 0 Å². The van der Waals surface area contributed by atoms with Gasteiger partial charge in [-0.3, -0.25) is 18.7 Å². The number of nitrogens with zero attached hydrogens (tertiary/aromatic N) is 4. The fourth-order valence-electron chi connectivity index (χ4n) is 4.36. The van der Waals surface area contributed by atoms with E-state index in [1.807, 2.05) is 11.8 Å². The maximum Gasteiger partial charge on any atom is 0.409 e. The SMILES string of the molecule is CCOC(=O)N1CCC(NC(=O)[C@H]2CCCN(c3cc(=O)n(C)c(=O)n3CC)C2)CC1. The van der Waals surface area contributed by atoms with E-state index in [1.165, 1.54) is 13.1 Å². The third kappa shape index (κ3) is 5.11. The number of hydrogen-bond acceptors (Lipinski definition) is 6. The first kappa shape index (κ1) is 22.9. The number of carbonyl (C=O) groups excluding carboxylic acids is 2. The van der Waals surface area contributed by atoms with Gasteiger partial charge in [0.2, 0.25) is 5.91 Å². The van der Waals surface area contributed by atoms with Crippen LogP contribution < -0.4 is 21.5 Å².